The van der Waals surface area contributed by atoms with Crippen molar-refractivity contribution in [3.05, 3.63) is 24.3 Å². The van der Waals surface area contributed by atoms with Crippen molar-refractivity contribution in [2.24, 2.45) is 0 Å². The number of rotatable bonds is 33. The highest BCUT2D eigenvalue weighted by atomic mass is 16.6. The Labute approximate surface area is 296 Å². The molecule has 1 aliphatic rings. The molecule has 1 fully saturated rings. The molecule has 1 aliphatic heterocycles. The van der Waals surface area contributed by atoms with Gasteiger partial charge >= 0.3 is 11.9 Å². The average Bonchev–Trinajstić information content (AvgIpc) is 3.44. The second-order valence-electron chi connectivity index (χ2n) is 14.2. The van der Waals surface area contributed by atoms with Crippen LogP contribution >= 0.6 is 0 Å². The van der Waals surface area contributed by atoms with E-state index in [0.717, 1.165) is 51.4 Å². The predicted octanol–water partition coefficient (Wildman–Crippen LogP) is 11.7. The predicted molar refractivity (Wildman–Crippen MR) is 200 cm³/mol. The van der Waals surface area contributed by atoms with Crippen molar-refractivity contribution in [1.82, 2.24) is 0 Å². The number of aliphatic hydroxyl groups is 1. The second-order valence-corrected chi connectivity index (χ2v) is 14.2. The Morgan fingerprint density at radius 2 is 0.979 bits per heavy atom. The van der Waals surface area contributed by atoms with E-state index in [1.54, 1.807) is 6.92 Å². The zero-order chi connectivity index (χ0) is 34.9. The molecule has 0 saturated carbocycles. The van der Waals surface area contributed by atoms with Crippen molar-refractivity contribution >= 4 is 11.9 Å². The molecular weight excluding hydrogens is 600 g/mol. The summed E-state index contributed by atoms with van der Waals surface area (Å²) in [5, 5.41) is 10.4. The molecule has 0 aromatic rings. The van der Waals surface area contributed by atoms with Gasteiger partial charge in [0.15, 0.2) is 6.10 Å². The van der Waals surface area contributed by atoms with Gasteiger partial charge in [-0.05, 0) is 71.1 Å². The second kappa shape index (κ2) is 32.5. The number of carbonyl (C=O) groups is 2. The highest BCUT2D eigenvalue weighted by Gasteiger charge is 2.43. The molecule has 0 aromatic carbocycles. The van der Waals surface area contributed by atoms with E-state index in [-0.39, 0.29) is 18.5 Å². The van der Waals surface area contributed by atoms with Crippen molar-refractivity contribution in [3.63, 3.8) is 0 Å². The molecule has 0 spiro atoms. The van der Waals surface area contributed by atoms with E-state index in [1.165, 1.54) is 116 Å². The minimum Gasteiger partial charge on any atom is -0.460 e. The summed E-state index contributed by atoms with van der Waals surface area (Å²) >= 11 is 0. The first-order chi connectivity index (χ1) is 23.5. The fourth-order valence-corrected chi connectivity index (χ4v) is 6.39. The van der Waals surface area contributed by atoms with E-state index in [2.05, 4.69) is 38.2 Å². The van der Waals surface area contributed by atoms with Crippen LogP contribution in [0.3, 0.4) is 0 Å². The van der Waals surface area contributed by atoms with E-state index >= 15 is 0 Å². The van der Waals surface area contributed by atoms with Crippen LogP contribution in [0.4, 0.5) is 0 Å². The monoisotopic (exact) mass is 677 g/mol. The van der Waals surface area contributed by atoms with E-state index in [4.69, 9.17) is 14.2 Å². The molecular formula is C42H76O6. The van der Waals surface area contributed by atoms with E-state index in [1.807, 2.05) is 0 Å². The van der Waals surface area contributed by atoms with Crippen molar-refractivity contribution in [2.45, 2.75) is 225 Å². The molecule has 1 unspecified atom stereocenters. The Bertz CT molecular complexity index is 808. The Hall–Kier alpha value is -1.66. The van der Waals surface area contributed by atoms with E-state index in [0.29, 0.717) is 12.8 Å². The van der Waals surface area contributed by atoms with Gasteiger partial charge < -0.3 is 19.3 Å². The molecule has 1 rings (SSSR count). The molecule has 1 N–H and O–H groups in total. The normalized spacial score (nSPS) is 18.6. The van der Waals surface area contributed by atoms with Gasteiger partial charge in [0.2, 0.25) is 0 Å². The summed E-state index contributed by atoms with van der Waals surface area (Å²) in [5.74, 6) is -0.581. The van der Waals surface area contributed by atoms with Gasteiger partial charge in [-0.3, -0.25) is 9.59 Å². The van der Waals surface area contributed by atoms with Crippen LogP contribution < -0.4 is 0 Å². The molecule has 1 saturated heterocycles. The smallest absolute Gasteiger partial charge is 0.306 e. The fourth-order valence-electron chi connectivity index (χ4n) is 6.39. The summed E-state index contributed by atoms with van der Waals surface area (Å²) in [4.78, 5) is 25.0. The maximum absolute atomic E-state index is 12.5. The number of carbonyl (C=O) groups excluding carboxylic acids is 2. The third-order valence-corrected chi connectivity index (χ3v) is 9.50. The van der Waals surface area contributed by atoms with Crippen molar-refractivity contribution in [3.8, 4) is 0 Å². The maximum Gasteiger partial charge on any atom is 0.306 e. The maximum atomic E-state index is 12.5. The number of hydrogen-bond donors (Lipinski definition) is 1. The van der Waals surface area contributed by atoms with Gasteiger partial charge in [0.1, 0.15) is 18.3 Å². The lowest BCUT2D eigenvalue weighted by molar-refractivity contribution is -0.166. The van der Waals surface area contributed by atoms with Gasteiger partial charge in [-0.1, -0.05) is 141 Å². The molecule has 6 nitrogen and oxygen atoms in total. The van der Waals surface area contributed by atoms with Crippen molar-refractivity contribution in [2.75, 3.05) is 6.61 Å². The molecule has 6 heteroatoms. The van der Waals surface area contributed by atoms with Crippen LogP contribution in [0.25, 0.3) is 0 Å². The van der Waals surface area contributed by atoms with Gasteiger partial charge in [0, 0.05) is 12.8 Å². The van der Waals surface area contributed by atoms with Gasteiger partial charge in [0.25, 0.3) is 0 Å². The zero-order valence-corrected chi connectivity index (χ0v) is 31.6. The lowest BCUT2D eigenvalue weighted by Gasteiger charge is -2.25. The quantitative estimate of drug-likeness (QED) is 0.0423. The van der Waals surface area contributed by atoms with Gasteiger partial charge in [0.05, 0.1) is 6.61 Å². The summed E-state index contributed by atoms with van der Waals surface area (Å²) in [5.41, 5.74) is 0. The first-order valence-electron chi connectivity index (χ1n) is 20.5. The topological polar surface area (TPSA) is 82.1 Å². The zero-order valence-electron chi connectivity index (χ0n) is 31.6. The van der Waals surface area contributed by atoms with Crippen LogP contribution in [-0.4, -0.2) is 48.1 Å². The Kier molecular flexibility index (Phi) is 30.1. The number of hydrogen-bond acceptors (Lipinski definition) is 6. The third-order valence-electron chi connectivity index (χ3n) is 9.50. The number of unbranched alkanes of at least 4 members (excludes halogenated alkanes) is 22. The largest absolute Gasteiger partial charge is 0.460 e. The number of esters is 2. The number of ether oxygens (including phenoxy) is 3. The summed E-state index contributed by atoms with van der Waals surface area (Å²) in [7, 11) is 0. The lowest BCUT2D eigenvalue weighted by Crippen LogP contribution is -2.42. The average molecular weight is 677 g/mol. The van der Waals surface area contributed by atoms with Crippen molar-refractivity contribution < 1.29 is 28.9 Å². The van der Waals surface area contributed by atoms with Crippen LogP contribution in [0.1, 0.15) is 201 Å². The van der Waals surface area contributed by atoms with E-state index in [9.17, 15) is 14.7 Å². The first kappa shape index (κ1) is 44.4. The molecule has 1 heterocycles. The molecule has 0 radical (unpaired) electrons. The summed E-state index contributed by atoms with van der Waals surface area (Å²) in [6, 6.07) is 0. The van der Waals surface area contributed by atoms with Gasteiger partial charge in [-0.2, -0.15) is 0 Å². The minimum atomic E-state index is -0.903. The molecule has 0 aliphatic carbocycles. The molecule has 48 heavy (non-hydrogen) atoms. The molecule has 0 aromatic heterocycles. The van der Waals surface area contributed by atoms with Crippen molar-refractivity contribution in [1.29, 1.82) is 0 Å². The first-order valence-corrected chi connectivity index (χ1v) is 20.5. The molecule has 0 amide bonds. The molecule has 280 valence electrons. The molecule has 4 atom stereocenters. The van der Waals surface area contributed by atoms with Gasteiger partial charge in [-0.15, -0.1) is 0 Å². The summed E-state index contributed by atoms with van der Waals surface area (Å²) < 4.78 is 16.9. The number of aliphatic hydroxyl groups excluding tert-OH is 1. The summed E-state index contributed by atoms with van der Waals surface area (Å²) in [6.45, 7) is 6.35. The van der Waals surface area contributed by atoms with Gasteiger partial charge in [-0.25, -0.2) is 0 Å². The number of allylic oxidation sites excluding steroid dienone is 4. The minimum absolute atomic E-state index is 0.0755. The standard InChI is InChI=1S/C42H76O6/c1-4-6-8-10-12-14-16-18-20-22-24-26-28-30-32-34-39(44)47-37(3)41-42(38(43)36-46-41)48-40(45)35-33-31-29-27-25-23-21-19-17-15-13-11-9-7-5-2/h18-21,37-38,41-43H,4-17,22-36H2,1-3H3/b20-18-,21-19-/t37?,38-,41-,42+/m1/s1. The van der Waals surface area contributed by atoms with Crippen LogP contribution in [0, 0.1) is 0 Å². The Balaban J connectivity index is 2.06. The van der Waals surface area contributed by atoms with Crippen LogP contribution in [0.15, 0.2) is 24.3 Å². The SMILES string of the molecule is CCCCCCCC/C=C\CCCCCCCC(=O)OC(C)[C@H]1OC[C@@H](O)[C@@H]1OC(=O)CCCCCCC/C=C\CCCCCCCC. The fraction of sp³-hybridized carbons (Fsp3) is 0.857. The summed E-state index contributed by atoms with van der Waals surface area (Å²) in [6.07, 6.45) is 38.6. The van der Waals surface area contributed by atoms with Crippen LogP contribution in [0.2, 0.25) is 0 Å². The van der Waals surface area contributed by atoms with E-state index < -0.39 is 24.4 Å². The highest BCUT2D eigenvalue weighted by Crippen LogP contribution is 2.24. The third kappa shape index (κ3) is 25.3. The van der Waals surface area contributed by atoms with Crippen LogP contribution in [0.5, 0.6) is 0 Å². The van der Waals surface area contributed by atoms with Crippen LogP contribution in [-0.2, 0) is 23.8 Å². The Morgan fingerprint density at radius 1 is 0.604 bits per heavy atom. The lowest BCUT2D eigenvalue weighted by atomic mass is 10.1. The highest BCUT2D eigenvalue weighted by molar-refractivity contribution is 5.70. The molecule has 0 bridgehead atoms. The Morgan fingerprint density at radius 3 is 1.42 bits per heavy atom.